The van der Waals surface area contributed by atoms with E-state index in [9.17, 15) is 9.18 Å². The lowest BCUT2D eigenvalue weighted by Crippen LogP contribution is -2.51. The quantitative estimate of drug-likeness (QED) is 0.759. The predicted molar refractivity (Wildman–Crippen MR) is 97.3 cm³/mol. The summed E-state index contributed by atoms with van der Waals surface area (Å²) in [6.45, 7) is 3.89. The number of hydrogen-bond acceptors (Lipinski definition) is 6. The summed E-state index contributed by atoms with van der Waals surface area (Å²) in [5, 5.41) is 3.65. The Kier molecular flexibility index (Phi) is 4.60. The van der Waals surface area contributed by atoms with E-state index in [2.05, 4.69) is 15.2 Å². The van der Waals surface area contributed by atoms with Crippen LogP contribution in [0.25, 0.3) is 10.2 Å². The molecule has 0 aliphatic carbocycles. The number of morpholine rings is 1. The van der Waals surface area contributed by atoms with Gasteiger partial charge in [0.2, 0.25) is 0 Å². The third kappa shape index (κ3) is 3.30. The first-order valence-electron chi connectivity index (χ1n) is 8.34. The van der Waals surface area contributed by atoms with Crippen molar-refractivity contribution in [3.8, 4) is 0 Å². The highest BCUT2D eigenvalue weighted by Gasteiger charge is 2.27. The first-order valence-corrected chi connectivity index (χ1v) is 9.16. The van der Waals surface area contributed by atoms with Crippen LogP contribution < -0.4 is 10.2 Å². The zero-order valence-electron chi connectivity index (χ0n) is 14.2. The van der Waals surface area contributed by atoms with E-state index in [0.717, 1.165) is 5.13 Å². The average Bonchev–Trinajstić information content (AvgIpc) is 3.27. The molecule has 0 spiro atoms. The molecule has 1 N–H and O–H groups in total. The highest BCUT2D eigenvalue weighted by atomic mass is 32.1. The number of nitrogens with zero attached hydrogens (tertiary/aromatic N) is 2. The van der Waals surface area contributed by atoms with Gasteiger partial charge in [0.15, 0.2) is 5.13 Å². The van der Waals surface area contributed by atoms with E-state index in [1.807, 2.05) is 0 Å². The minimum Gasteiger partial charge on any atom is -0.469 e. The molecule has 1 aliphatic heterocycles. The van der Waals surface area contributed by atoms with Crippen LogP contribution in [0.3, 0.4) is 0 Å². The number of carbonyl (C=O) groups is 1. The second kappa shape index (κ2) is 7.05. The number of furan rings is 1. The molecule has 1 amide bonds. The van der Waals surface area contributed by atoms with Gasteiger partial charge in [-0.25, -0.2) is 9.37 Å². The van der Waals surface area contributed by atoms with Gasteiger partial charge in [0, 0.05) is 13.1 Å². The summed E-state index contributed by atoms with van der Waals surface area (Å²) in [6, 6.07) is 6.53. The minimum absolute atomic E-state index is 0.0654. The highest BCUT2D eigenvalue weighted by molar-refractivity contribution is 7.22. The van der Waals surface area contributed by atoms with Gasteiger partial charge in [0.05, 0.1) is 35.0 Å². The molecule has 0 radical (unpaired) electrons. The van der Waals surface area contributed by atoms with Gasteiger partial charge in [-0.15, -0.1) is 0 Å². The van der Waals surface area contributed by atoms with Crippen LogP contribution in [0.15, 0.2) is 34.9 Å². The molecule has 6 nitrogen and oxygen atoms in total. The van der Waals surface area contributed by atoms with Crippen molar-refractivity contribution in [2.24, 2.45) is 0 Å². The number of ether oxygens (including phenoxy) is 1. The second-order valence-corrected chi connectivity index (χ2v) is 7.14. The lowest BCUT2D eigenvalue weighted by molar-refractivity contribution is 0.0856. The van der Waals surface area contributed by atoms with Crippen molar-refractivity contribution in [2.75, 3.05) is 31.2 Å². The molecular weight excluding hydrogens is 357 g/mol. The highest BCUT2D eigenvalue weighted by Crippen LogP contribution is 2.32. The zero-order valence-corrected chi connectivity index (χ0v) is 15.0. The number of fused-ring (bicyclic) bond motifs is 1. The van der Waals surface area contributed by atoms with Crippen molar-refractivity contribution < 1.29 is 18.3 Å². The van der Waals surface area contributed by atoms with Crippen molar-refractivity contribution in [3.05, 3.63) is 47.7 Å². The van der Waals surface area contributed by atoms with Crippen molar-refractivity contribution in [1.29, 1.82) is 0 Å². The number of amides is 1. The van der Waals surface area contributed by atoms with Gasteiger partial charge >= 0.3 is 0 Å². The van der Waals surface area contributed by atoms with E-state index in [4.69, 9.17) is 9.15 Å². The van der Waals surface area contributed by atoms with Crippen molar-refractivity contribution in [1.82, 2.24) is 10.3 Å². The van der Waals surface area contributed by atoms with Crippen LogP contribution in [-0.2, 0) is 4.74 Å². The fraction of sp³-hybridized carbons (Fsp3) is 0.333. The number of halogens is 1. The van der Waals surface area contributed by atoms with Crippen molar-refractivity contribution in [3.63, 3.8) is 0 Å². The molecule has 2 aromatic heterocycles. The maximum atomic E-state index is 14.0. The summed E-state index contributed by atoms with van der Waals surface area (Å²) in [5.74, 6) is 0.233. The largest absolute Gasteiger partial charge is 0.469 e. The molecule has 1 unspecified atom stereocenters. The van der Waals surface area contributed by atoms with E-state index >= 15 is 0 Å². The fourth-order valence-electron chi connectivity index (χ4n) is 2.98. The normalized spacial score (nSPS) is 17.6. The number of aromatic nitrogens is 1. The maximum absolute atomic E-state index is 14.0. The average molecular weight is 375 g/mol. The van der Waals surface area contributed by atoms with Gasteiger partial charge in [0.1, 0.15) is 17.8 Å². The molecule has 26 heavy (non-hydrogen) atoms. The SMILES string of the molecule is Cc1cc(C(=O)NCC2COCCN2c2nc3cccc(F)c3s2)co1. The minimum atomic E-state index is -0.264. The molecule has 0 bridgehead atoms. The summed E-state index contributed by atoms with van der Waals surface area (Å²) in [4.78, 5) is 18.9. The van der Waals surface area contributed by atoms with E-state index in [0.29, 0.717) is 47.8 Å². The molecule has 3 heterocycles. The van der Waals surface area contributed by atoms with Gasteiger partial charge in [-0.1, -0.05) is 17.4 Å². The Morgan fingerprint density at radius 2 is 2.38 bits per heavy atom. The van der Waals surface area contributed by atoms with Gasteiger partial charge in [-0.3, -0.25) is 4.79 Å². The predicted octanol–water partition coefficient (Wildman–Crippen LogP) is 2.97. The van der Waals surface area contributed by atoms with Crippen LogP contribution >= 0.6 is 11.3 Å². The monoisotopic (exact) mass is 375 g/mol. The molecular formula is C18H18FN3O3S. The smallest absolute Gasteiger partial charge is 0.254 e. The molecule has 8 heteroatoms. The van der Waals surface area contributed by atoms with Crippen LogP contribution in [0, 0.1) is 12.7 Å². The Morgan fingerprint density at radius 1 is 1.50 bits per heavy atom. The standard InChI is InChI=1S/C18H18FN3O3S/c1-11-7-12(9-25-11)17(23)20-8-13-10-24-6-5-22(13)18-21-15-4-2-3-14(19)16(15)26-18/h2-4,7,9,13H,5-6,8,10H2,1H3,(H,20,23). The summed E-state index contributed by atoms with van der Waals surface area (Å²) in [6.07, 6.45) is 1.44. The van der Waals surface area contributed by atoms with Crippen LogP contribution in [0.5, 0.6) is 0 Å². The van der Waals surface area contributed by atoms with E-state index in [-0.39, 0.29) is 17.8 Å². The Hall–Kier alpha value is -2.45. The van der Waals surface area contributed by atoms with Gasteiger partial charge in [-0.05, 0) is 25.1 Å². The van der Waals surface area contributed by atoms with Crippen molar-refractivity contribution in [2.45, 2.75) is 13.0 Å². The molecule has 0 saturated carbocycles. The lowest BCUT2D eigenvalue weighted by Gasteiger charge is -2.35. The molecule has 1 aliphatic rings. The Morgan fingerprint density at radius 3 is 3.15 bits per heavy atom. The lowest BCUT2D eigenvalue weighted by atomic mass is 10.2. The van der Waals surface area contributed by atoms with Gasteiger partial charge in [0.25, 0.3) is 5.91 Å². The summed E-state index contributed by atoms with van der Waals surface area (Å²) >= 11 is 1.32. The molecule has 1 aromatic carbocycles. The molecule has 1 saturated heterocycles. The van der Waals surface area contributed by atoms with Crippen molar-refractivity contribution >= 4 is 32.6 Å². The first kappa shape index (κ1) is 17.0. The number of hydrogen-bond donors (Lipinski definition) is 1. The zero-order chi connectivity index (χ0) is 18.1. The number of rotatable bonds is 4. The number of thiazole rings is 1. The van der Waals surface area contributed by atoms with Crippen LogP contribution in [-0.4, -0.2) is 43.2 Å². The van der Waals surface area contributed by atoms with Crippen LogP contribution in [0.1, 0.15) is 16.1 Å². The third-order valence-electron chi connectivity index (χ3n) is 4.32. The number of anilines is 1. The topological polar surface area (TPSA) is 67.6 Å². The van der Waals surface area contributed by atoms with Gasteiger partial charge < -0.3 is 19.4 Å². The first-order chi connectivity index (χ1) is 12.6. The van der Waals surface area contributed by atoms with E-state index in [1.54, 1.807) is 25.1 Å². The van der Waals surface area contributed by atoms with Crippen LogP contribution in [0.2, 0.25) is 0 Å². The second-order valence-electron chi connectivity index (χ2n) is 6.16. The third-order valence-corrected chi connectivity index (χ3v) is 5.44. The number of carbonyl (C=O) groups excluding carboxylic acids is 1. The summed E-state index contributed by atoms with van der Waals surface area (Å²) in [5.41, 5.74) is 1.14. The molecule has 136 valence electrons. The molecule has 3 aromatic rings. The molecule has 4 rings (SSSR count). The number of nitrogens with one attached hydrogen (secondary N) is 1. The molecule has 1 atom stereocenters. The fourth-order valence-corrected chi connectivity index (χ4v) is 4.05. The Labute approximate surface area is 153 Å². The summed E-state index contributed by atoms with van der Waals surface area (Å²) in [7, 11) is 0. The Balaban J connectivity index is 1.50. The Bertz CT molecular complexity index is 939. The number of aryl methyl sites for hydroxylation is 1. The number of benzene rings is 1. The summed E-state index contributed by atoms with van der Waals surface area (Å²) < 4.78 is 25.3. The van der Waals surface area contributed by atoms with Crippen LogP contribution in [0.4, 0.5) is 9.52 Å². The van der Waals surface area contributed by atoms with E-state index < -0.39 is 0 Å². The molecule has 1 fully saturated rings. The maximum Gasteiger partial charge on any atom is 0.254 e. The van der Waals surface area contributed by atoms with Gasteiger partial charge in [-0.2, -0.15) is 0 Å². The van der Waals surface area contributed by atoms with E-state index in [1.165, 1.54) is 23.7 Å².